The number of benzene rings is 1. The number of nitrogens with zero attached hydrogens (tertiary/aromatic N) is 1. The van der Waals surface area contributed by atoms with Gasteiger partial charge in [-0.2, -0.15) is 0 Å². The zero-order valence-electron chi connectivity index (χ0n) is 12.2. The van der Waals surface area contributed by atoms with Crippen LogP contribution in [0.5, 0.6) is 5.75 Å². The molecule has 102 valence electrons. The second-order valence-corrected chi connectivity index (χ2v) is 5.11. The van der Waals surface area contributed by atoms with Gasteiger partial charge in [0.15, 0.2) is 0 Å². The van der Waals surface area contributed by atoms with Crippen molar-refractivity contribution in [1.82, 2.24) is 4.98 Å². The molecule has 3 nitrogen and oxygen atoms in total. The first-order chi connectivity index (χ1) is 9.13. The number of hydrogen-bond acceptors (Lipinski definition) is 3. The lowest BCUT2D eigenvalue weighted by molar-refractivity contribution is 0.420. The van der Waals surface area contributed by atoms with E-state index in [2.05, 4.69) is 37.1 Å². The van der Waals surface area contributed by atoms with Crippen LogP contribution in [0, 0.1) is 0 Å². The van der Waals surface area contributed by atoms with Crippen molar-refractivity contribution in [3.05, 3.63) is 30.5 Å². The van der Waals surface area contributed by atoms with Crippen LogP contribution in [-0.4, -0.2) is 17.6 Å². The van der Waals surface area contributed by atoms with Crippen LogP contribution in [0.3, 0.4) is 0 Å². The molecule has 2 aromatic rings. The highest BCUT2D eigenvalue weighted by Gasteiger charge is 2.20. The number of ether oxygens (including phenoxy) is 1. The summed E-state index contributed by atoms with van der Waals surface area (Å²) in [5.41, 5.74) is 0.0738. The van der Waals surface area contributed by atoms with Gasteiger partial charge in [0.05, 0.1) is 7.11 Å². The van der Waals surface area contributed by atoms with E-state index in [1.807, 2.05) is 24.4 Å². The average molecular weight is 258 g/mol. The Morgan fingerprint density at radius 3 is 2.53 bits per heavy atom. The van der Waals surface area contributed by atoms with Crippen LogP contribution >= 0.6 is 0 Å². The molecular weight excluding hydrogens is 236 g/mol. The standard InChI is InChI=1S/C16H22N2O/c1-5-16(3,6-2)18-15-13-8-7-9-14(19-4)12(13)10-11-17-15/h7-11H,5-6H2,1-4H3,(H,17,18). The first-order valence-corrected chi connectivity index (χ1v) is 6.83. The van der Waals surface area contributed by atoms with E-state index in [9.17, 15) is 0 Å². The molecule has 0 bridgehead atoms. The second-order valence-electron chi connectivity index (χ2n) is 5.11. The second kappa shape index (κ2) is 5.47. The largest absolute Gasteiger partial charge is 0.496 e. The Hall–Kier alpha value is -1.77. The number of rotatable bonds is 5. The molecule has 0 spiro atoms. The smallest absolute Gasteiger partial charge is 0.134 e. The van der Waals surface area contributed by atoms with Crippen LogP contribution in [0.1, 0.15) is 33.6 Å². The monoisotopic (exact) mass is 258 g/mol. The third kappa shape index (κ3) is 2.65. The Kier molecular flexibility index (Phi) is 3.93. The minimum atomic E-state index is 0.0738. The van der Waals surface area contributed by atoms with Gasteiger partial charge in [0.2, 0.25) is 0 Å². The fraction of sp³-hybridized carbons (Fsp3) is 0.438. The van der Waals surface area contributed by atoms with Crippen LogP contribution in [0.25, 0.3) is 10.8 Å². The molecule has 1 aromatic heterocycles. The van der Waals surface area contributed by atoms with Crippen LogP contribution < -0.4 is 10.1 Å². The molecule has 1 aromatic carbocycles. The van der Waals surface area contributed by atoms with Crippen molar-refractivity contribution < 1.29 is 4.74 Å². The molecule has 0 unspecified atom stereocenters. The normalized spacial score (nSPS) is 11.6. The summed E-state index contributed by atoms with van der Waals surface area (Å²) in [6.45, 7) is 6.62. The molecule has 1 heterocycles. The van der Waals surface area contributed by atoms with E-state index in [0.29, 0.717) is 0 Å². The lowest BCUT2D eigenvalue weighted by Crippen LogP contribution is -2.33. The van der Waals surface area contributed by atoms with Crippen molar-refractivity contribution in [3.8, 4) is 5.75 Å². The number of hydrogen-bond donors (Lipinski definition) is 1. The Bertz CT molecular complexity index is 562. The number of anilines is 1. The molecule has 0 fully saturated rings. The summed E-state index contributed by atoms with van der Waals surface area (Å²) < 4.78 is 5.41. The van der Waals surface area contributed by atoms with Gasteiger partial charge in [-0.05, 0) is 31.9 Å². The highest BCUT2D eigenvalue weighted by atomic mass is 16.5. The summed E-state index contributed by atoms with van der Waals surface area (Å²) in [5, 5.41) is 5.78. The first kappa shape index (κ1) is 13.7. The van der Waals surface area contributed by atoms with Crippen LogP contribution in [-0.2, 0) is 0 Å². The fourth-order valence-corrected chi connectivity index (χ4v) is 2.17. The molecule has 19 heavy (non-hydrogen) atoms. The summed E-state index contributed by atoms with van der Waals surface area (Å²) in [5.74, 6) is 1.82. The molecule has 0 amide bonds. The van der Waals surface area contributed by atoms with Gasteiger partial charge in [-0.25, -0.2) is 4.98 Å². The molecule has 0 aliphatic rings. The number of pyridine rings is 1. The van der Waals surface area contributed by atoms with Gasteiger partial charge in [0.25, 0.3) is 0 Å². The predicted molar refractivity (Wildman–Crippen MR) is 80.9 cm³/mol. The molecular formula is C16H22N2O. The van der Waals surface area contributed by atoms with Crippen molar-refractivity contribution in [3.63, 3.8) is 0 Å². The number of methoxy groups -OCH3 is 1. The first-order valence-electron chi connectivity index (χ1n) is 6.83. The van der Waals surface area contributed by atoms with Gasteiger partial charge in [-0.15, -0.1) is 0 Å². The van der Waals surface area contributed by atoms with Crippen molar-refractivity contribution in [2.24, 2.45) is 0 Å². The number of nitrogens with one attached hydrogen (secondary N) is 1. The topological polar surface area (TPSA) is 34.2 Å². The molecule has 0 saturated carbocycles. The zero-order valence-corrected chi connectivity index (χ0v) is 12.2. The molecule has 1 N–H and O–H groups in total. The van der Waals surface area contributed by atoms with Gasteiger partial charge in [0, 0.05) is 22.5 Å². The Morgan fingerprint density at radius 1 is 1.16 bits per heavy atom. The lowest BCUT2D eigenvalue weighted by Gasteiger charge is -2.29. The minimum absolute atomic E-state index is 0.0738. The molecule has 0 aliphatic heterocycles. The molecule has 0 radical (unpaired) electrons. The van der Waals surface area contributed by atoms with Gasteiger partial charge < -0.3 is 10.1 Å². The summed E-state index contributed by atoms with van der Waals surface area (Å²) >= 11 is 0. The van der Waals surface area contributed by atoms with Crippen molar-refractivity contribution in [2.45, 2.75) is 39.2 Å². The Balaban J connectivity index is 2.50. The summed E-state index contributed by atoms with van der Waals surface area (Å²) in [7, 11) is 1.70. The van der Waals surface area contributed by atoms with E-state index >= 15 is 0 Å². The minimum Gasteiger partial charge on any atom is -0.496 e. The van der Waals surface area contributed by atoms with Gasteiger partial charge >= 0.3 is 0 Å². The lowest BCUT2D eigenvalue weighted by atomic mass is 9.95. The van der Waals surface area contributed by atoms with Crippen LogP contribution in [0.4, 0.5) is 5.82 Å². The molecule has 3 heteroatoms. The maximum Gasteiger partial charge on any atom is 0.134 e. The van der Waals surface area contributed by atoms with Gasteiger partial charge in [-0.3, -0.25) is 0 Å². The maximum atomic E-state index is 5.41. The van der Waals surface area contributed by atoms with E-state index in [0.717, 1.165) is 35.2 Å². The molecule has 2 rings (SSSR count). The number of fused-ring (bicyclic) bond motifs is 1. The summed E-state index contributed by atoms with van der Waals surface area (Å²) in [6.07, 6.45) is 3.95. The van der Waals surface area contributed by atoms with Crippen molar-refractivity contribution in [2.75, 3.05) is 12.4 Å². The fourth-order valence-electron chi connectivity index (χ4n) is 2.17. The third-order valence-electron chi connectivity index (χ3n) is 3.97. The SMILES string of the molecule is CCC(C)(CC)Nc1nccc2c(OC)cccc12. The van der Waals surface area contributed by atoms with Crippen molar-refractivity contribution in [1.29, 1.82) is 0 Å². The van der Waals surface area contributed by atoms with E-state index in [1.165, 1.54) is 0 Å². The Morgan fingerprint density at radius 2 is 1.89 bits per heavy atom. The molecule has 0 aliphatic carbocycles. The van der Waals surface area contributed by atoms with Crippen LogP contribution in [0.15, 0.2) is 30.5 Å². The van der Waals surface area contributed by atoms with Crippen LogP contribution in [0.2, 0.25) is 0 Å². The third-order valence-corrected chi connectivity index (χ3v) is 3.97. The molecule has 0 atom stereocenters. The predicted octanol–water partition coefficient (Wildman–Crippen LogP) is 4.23. The van der Waals surface area contributed by atoms with Gasteiger partial charge in [-0.1, -0.05) is 26.0 Å². The Labute approximate surface area is 115 Å². The summed E-state index contributed by atoms with van der Waals surface area (Å²) in [6, 6.07) is 8.06. The highest BCUT2D eigenvalue weighted by Crippen LogP contribution is 2.31. The zero-order chi connectivity index (χ0) is 13.9. The summed E-state index contributed by atoms with van der Waals surface area (Å²) in [4.78, 5) is 4.50. The van der Waals surface area contributed by atoms with E-state index < -0.39 is 0 Å². The average Bonchev–Trinajstić information content (AvgIpc) is 2.47. The molecule has 0 saturated heterocycles. The van der Waals surface area contributed by atoms with E-state index in [-0.39, 0.29) is 5.54 Å². The maximum absolute atomic E-state index is 5.41. The van der Waals surface area contributed by atoms with Crippen molar-refractivity contribution >= 4 is 16.6 Å². The van der Waals surface area contributed by atoms with Gasteiger partial charge in [0.1, 0.15) is 11.6 Å². The quantitative estimate of drug-likeness (QED) is 0.871. The number of aromatic nitrogens is 1. The van der Waals surface area contributed by atoms with E-state index in [1.54, 1.807) is 7.11 Å². The highest BCUT2D eigenvalue weighted by molar-refractivity contribution is 5.96. The van der Waals surface area contributed by atoms with E-state index in [4.69, 9.17) is 4.74 Å².